The van der Waals surface area contributed by atoms with Gasteiger partial charge in [0.2, 0.25) is 0 Å². The van der Waals surface area contributed by atoms with Crippen molar-refractivity contribution in [3.05, 3.63) is 0 Å². The van der Waals surface area contributed by atoms with Crippen molar-refractivity contribution in [3.8, 4) is 6.07 Å². The highest BCUT2D eigenvalue weighted by Crippen LogP contribution is 2.47. The summed E-state index contributed by atoms with van der Waals surface area (Å²) in [6, 6.07) is 1.95. The lowest BCUT2D eigenvalue weighted by atomic mass is 10.4. The van der Waals surface area contributed by atoms with Gasteiger partial charge in [-0.05, 0) is 12.5 Å². The van der Waals surface area contributed by atoms with Crippen molar-refractivity contribution in [2.24, 2.45) is 0 Å². The smallest absolute Gasteiger partial charge is 0.0633 e. The Morgan fingerprint density at radius 2 is 2.11 bits per heavy atom. The van der Waals surface area contributed by atoms with E-state index in [2.05, 4.69) is 0 Å². The van der Waals surface area contributed by atoms with Crippen LogP contribution in [0.5, 0.6) is 0 Å². The third kappa shape index (κ3) is 3.36. The van der Waals surface area contributed by atoms with Crippen molar-refractivity contribution in [3.63, 3.8) is 0 Å². The lowest BCUT2D eigenvalue weighted by Crippen LogP contribution is -2.06. The summed E-state index contributed by atoms with van der Waals surface area (Å²) in [5.74, 6) is 0. The van der Waals surface area contributed by atoms with Gasteiger partial charge in [0.1, 0.15) is 0 Å². The van der Waals surface area contributed by atoms with Crippen molar-refractivity contribution in [2.75, 3.05) is 12.5 Å². The predicted octanol–water partition coefficient (Wildman–Crippen LogP) is 2.24. The van der Waals surface area contributed by atoms with E-state index in [-0.39, 0.29) is 5.25 Å². The molecular formula is C6H12FNS. The second-order valence-corrected chi connectivity index (χ2v) is 5.81. The third-order valence-electron chi connectivity index (χ3n) is 1.34. The van der Waals surface area contributed by atoms with Gasteiger partial charge in [0.25, 0.3) is 0 Å². The van der Waals surface area contributed by atoms with Crippen LogP contribution in [0.3, 0.4) is 0 Å². The van der Waals surface area contributed by atoms with Crippen molar-refractivity contribution >= 4 is 10.4 Å². The van der Waals surface area contributed by atoms with Crippen LogP contribution in [0.1, 0.15) is 13.3 Å². The lowest BCUT2D eigenvalue weighted by molar-refractivity contribution is 0.842. The number of nitrogens with zero attached hydrogens (tertiary/aromatic N) is 1. The molecule has 0 aliphatic carbocycles. The highest BCUT2D eigenvalue weighted by molar-refractivity contribution is 8.28. The summed E-state index contributed by atoms with van der Waals surface area (Å²) in [6.45, 7) is 1.78. The minimum absolute atomic E-state index is 0.0810. The molecule has 0 aromatic rings. The Bertz CT molecular complexity index is 122. The fourth-order valence-corrected chi connectivity index (χ4v) is 0.798. The third-order valence-corrected chi connectivity index (χ3v) is 3.42. The fraction of sp³-hybridized carbons (Fsp3) is 0.833. The Hall–Kier alpha value is -0.230. The van der Waals surface area contributed by atoms with E-state index in [1.807, 2.05) is 6.07 Å². The van der Waals surface area contributed by atoms with Crippen LogP contribution < -0.4 is 0 Å². The molecular weight excluding hydrogens is 137 g/mol. The van der Waals surface area contributed by atoms with Crippen molar-refractivity contribution < 1.29 is 3.89 Å². The van der Waals surface area contributed by atoms with Crippen LogP contribution in [-0.4, -0.2) is 17.8 Å². The molecule has 0 aromatic heterocycles. The molecule has 0 aromatic carbocycles. The molecule has 1 nitrogen and oxygen atoms in total. The van der Waals surface area contributed by atoms with Crippen LogP contribution >= 0.6 is 10.4 Å². The zero-order valence-electron chi connectivity index (χ0n) is 6.02. The van der Waals surface area contributed by atoms with Gasteiger partial charge in [0.15, 0.2) is 0 Å². The summed E-state index contributed by atoms with van der Waals surface area (Å²) in [5.41, 5.74) is 0. The summed E-state index contributed by atoms with van der Waals surface area (Å²) in [4.78, 5) is 0. The van der Waals surface area contributed by atoms with Gasteiger partial charge < -0.3 is 0 Å². The van der Waals surface area contributed by atoms with Gasteiger partial charge >= 0.3 is 0 Å². The van der Waals surface area contributed by atoms with Crippen molar-refractivity contribution in [2.45, 2.75) is 18.6 Å². The summed E-state index contributed by atoms with van der Waals surface area (Å²) in [5, 5.41) is 8.12. The highest BCUT2D eigenvalue weighted by atomic mass is 32.3. The molecule has 0 aliphatic rings. The molecule has 9 heavy (non-hydrogen) atoms. The molecule has 0 saturated heterocycles. The molecule has 0 bridgehead atoms. The van der Waals surface area contributed by atoms with Crippen LogP contribution in [0.25, 0.3) is 0 Å². The molecule has 0 heterocycles. The summed E-state index contributed by atoms with van der Waals surface area (Å²) < 4.78 is 12.9. The quantitative estimate of drug-likeness (QED) is 0.590. The van der Waals surface area contributed by atoms with Gasteiger partial charge in [-0.15, -0.1) is 0 Å². The lowest BCUT2D eigenvalue weighted by Gasteiger charge is -2.25. The first-order chi connectivity index (χ1) is 3.98. The molecule has 1 atom stereocenters. The van der Waals surface area contributed by atoms with E-state index in [4.69, 9.17) is 5.26 Å². The maximum absolute atomic E-state index is 12.9. The zero-order chi connectivity index (χ0) is 7.49. The number of halogens is 1. The SMILES string of the molecule is CC(CC#N)S(C)(C)F. The van der Waals surface area contributed by atoms with Crippen molar-refractivity contribution in [1.82, 2.24) is 0 Å². The first kappa shape index (κ1) is 8.77. The van der Waals surface area contributed by atoms with E-state index in [1.165, 1.54) is 0 Å². The van der Waals surface area contributed by atoms with Gasteiger partial charge in [-0.3, -0.25) is 0 Å². The van der Waals surface area contributed by atoms with E-state index >= 15 is 0 Å². The Balaban J connectivity index is 3.76. The largest absolute Gasteiger partial charge is 0.198 e. The standard InChI is InChI=1S/C6H12FNS/c1-6(4-5-8)9(2,3)7/h6H,4H2,1-3H3. The summed E-state index contributed by atoms with van der Waals surface area (Å²) in [7, 11) is -1.99. The molecule has 0 fully saturated rings. The predicted molar refractivity (Wildman–Crippen MR) is 40.2 cm³/mol. The second-order valence-electron chi connectivity index (χ2n) is 2.45. The van der Waals surface area contributed by atoms with Gasteiger partial charge in [0, 0.05) is 11.7 Å². The summed E-state index contributed by atoms with van der Waals surface area (Å²) >= 11 is 0. The topological polar surface area (TPSA) is 23.8 Å². The molecule has 0 aliphatic heterocycles. The minimum Gasteiger partial charge on any atom is -0.198 e. The van der Waals surface area contributed by atoms with Crippen LogP contribution in [0, 0.1) is 11.3 Å². The van der Waals surface area contributed by atoms with E-state index in [0.29, 0.717) is 6.42 Å². The Morgan fingerprint density at radius 1 is 1.67 bits per heavy atom. The highest BCUT2D eigenvalue weighted by Gasteiger charge is 2.18. The number of hydrogen-bond donors (Lipinski definition) is 0. The van der Waals surface area contributed by atoms with E-state index in [1.54, 1.807) is 19.4 Å². The second kappa shape index (κ2) is 3.07. The molecule has 0 amide bonds. The zero-order valence-corrected chi connectivity index (χ0v) is 6.83. The monoisotopic (exact) mass is 149 g/mol. The fourth-order valence-electron chi connectivity index (χ4n) is 0.327. The molecule has 3 heteroatoms. The number of hydrogen-bond acceptors (Lipinski definition) is 1. The first-order valence-corrected chi connectivity index (χ1v) is 5.18. The van der Waals surface area contributed by atoms with Gasteiger partial charge in [-0.1, -0.05) is 17.3 Å². The minimum atomic E-state index is -1.99. The van der Waals surface area contributed by atoms with Crippen LogP contribution in [-0.2, 0) is 0 Å². The molecule has 0 spiro atoms. The Kier molecular flexibility index (Phi) is 2.99. The van der Waals surface area contributed by atoms with Gasteiger partial charge in [-0.25, -0.2) is 0 Å². The normalized spacial score (nSPS) is 16.3. The maximum atomic E-state index is 12.9. The molecule has 0 saturated carbocycles. The van der Waals surface area contributed by atoms with E-state index in [9.17, 15) is 3.89 Å². The molecule has 0 radical (unpaired) electrons. The average Bonchev–Trinajstić information content (AvgIpc) is 1.64. The molecule has 0 rings (SSSR count). The molecule has 0 N–H and O–H groups in total. The Morgan fingerprint density at radius 3 is 2.22 bits per heavy atom. The average molecular weight is 149 g/mol. The number of nitriles is 1. The molecule has 1 unspecified atom stereocenters. The van der Waals surface area contributed by atoms with Crippen LogP contribution in [0.15, 0.2) is 0 Å². The summed E-state index contributed by atoms with van der Waals surface area (Å²) in [6.07, 6.45) is 3.49. The van der Waals surface area contributed by atoms with Gasteiger partial charge in [0.05, 0.1) is 6.07 Å². The number of rotatable bonds is 2. The maximum Gasteiger partial charge on any atom is 0.0633 e. The van der Waals surface area contributed by atoms with Crippen LogP contribution in [0.4, 0.5) is 3.89 Å². The Labute approximate surface area is 57.5 Å². The first-order valence-electron chi connectivity index (χ1n) is 2.77. The van der Waals surface area contributed by atoms with E-state index in [0.717, 1.165) is 0 Å². The van der Waals surface area contributed by atoms with E-state index < -0.39 is 10.4 Å². The molecule has 54 valence electrons. The van der Waals surface area contributed by atoms with Crippen LogP contribution in [0.2, 0.25) is 0 Å². The van der Waals surface area contributed by atoms with Gasteiger partial charge in [-0.2, -0.15) is 9.15 Å². The van der Waals surface area contributed by atoms with Crippen molar-refractivity contribution in [1.29, 1.82) is 5.26 Å².